The van der Waals surface area contributed by atoms with Gasteiger partial charge in [-0.05, 0) is 54.8 Å². The molecule has 2 aromatic carbocycles. The molecule has 0 saturated heterocycles. The second kappa shape index (κ2) is 6.75. The van der Waals surface area contributed by atoms with E-state index in [0.717, 1.165) is 28.2 Å². The molecule has 0 saturated carbocycles. The molecule has 0 spiro atoms. The third-order valence-corrected chi connectivity index (χ3v) is 3.18. The van der Waals surface area contributed by atoms with Crippen LogP contribution in [0.4, 0.5) is 0 Å². The van der Waals surface area contributed by atoms with Crippen molar-refractivity contribution in [1.29, 1.82) is 0 Å². The lowest BCUT2D eigenvalue weighted by molar-refractivity contribution is -0.135. The van der Waals surface area contributed by atoms with Crippen LogP contribution in [0.5, 0.6) is 11.5 Å². The number of aliphatic carboxylic acids is 1. The van der Waals surface area contributed by atoms with Gasteiger partial charge in [-0.15, -0.1) is 0 Å². The Labute approximate surface area is 124 Å². The molecule has 108 valence electrons. The SMILES string of the molecule is C/C(=C\CC(=O)O)c1ccc(Oc2ccccc2)cc1C. The van der Waals surface area contributed by atoms with Gasteiger partial charge in [-0.1, -0.05) is 30.3 Å². The molecule has 0 aliphatic heterocycles. The minimum atomic E-state index is -0.823. The van der Waals surface area contributed by atoms with Gasteiger partial charge in [0.05, 0.1) is 6.42 Å². The summed E-state index contributed by atoms with van der Waals surface area (Å²) in [5.74, 6) is 0.743. The van der Waals surface area contributed by atoms with Crippen molar-refractivity contribution in [2.75, 3.05) is 0 Å². The number of carboxylic acid groups (broad SMARTS) is 1. The van der Waals surface area contributed by atoms with Crippen LogP contribution in [0.25, 0.3) is 5.57 Å². The Hall–Kier alpha value is -2.55. The number of carboxylic acids is 1. The molecule has 0 amide bonds. The first-order valence-corrected chi connectivity index (χ1v) is 6.79. The van der Waals surface area contributed by atoms with Crippen LogP contribution in [0.1, 0.15) is 24.5 Å². The van der Waals surface area contributed by atoms with Crippen molar-refractivity contribution >= 4 is 11.5 Å². The number of aryl methyl sites for hydroxylation is 1. The third-order valence-electron chi connectivity index (χ3n) is 3.18. The summed E-state index contributed by atoms with van der Waals surface area (Å²) in [5.41, 5.74) is 3.06. The summed E-state index contributed by atoms with van der Waals surface area (Å²) in [6, 6.07) is 15.4. The fourth-order valence-electron chi connectivity index (χ4n) is 2.12. The molecule has 2 rings (SSSR count). The van der Waals surface area contributed by atoms with Gasteiger partial charge >= 0.3 is 5.97 Å². The fraction of sp³-hybridized carbons (Fsp3) is 0.167. The quantitative estimate of drug-likeness (QED) is 0.867. The molecule has 1 N–H and O–H groups in total. The molecule has 0 radical (unpaired) electrons. The largest absolute Gasteiger partial charge is 0.481 e. The van der Waals surface area contributed by atoms with Gasteiger partial charge in [-0.3, -0.25) is 4.79 Å². The van der Waals surface area contributed by atoms with Gasteiger partial charge in [0.25, 0.3) is 0 Å². The summed E-state index contributed by atoms with van der Waals surface area (Å²) >= 11 is 0. The number of ether oxygens (including phenoxy) is 1. The second-order valence-electron chi connectivity index (χ2n) is 4.88. The van der Waals surface area contributed by atoms with Crippen LogP contribution < -0.4 is 4.74 Å². The smallest absolute Gasteiger partial charge is 0.307 e. The Balaban J connectivity index is 2.17. The monoisotopic (exact) mass is 282 g/mol. The second-order valence-corrected chi connectivity index (χ2v) is 4.88. The highest BCUT2D eigenvalue weighted by atomic mass is 16.5. The van der Waals surface area contributed by atoms with E-state index in [1.54, 1.807) is 6.08 Å². The van der Waals surface area contributed by atoms with Crippen LogP contribution in [-0.4, -0.2) is 11.1 Å². The van der Waals surface area contributed by atoms with Crippen molar-refractivity contribution in [3.63, 3.8) is 0 Å². The van der Waals surface area contributed by atoms with Crippen LogP contribution >= 0.6 is 0 Å². The molecule has 0 aliphatic carbocycles. The van der Waals surface area contributed by atoms with Crippen molar-refractivity contribution in [2.24, 2.45) is 0 Å². The molecule has 0 heterocycles. The lowest BCUT2D eigenvalue weighted by Gasteiger charge is -2.10. The predicted molar refractivity (Wildman–Crippen MR) is 83.6 cm³/mol. The van der Waals surface area contributed by atoms with E-state index in [0.29, 0.717) is 0 Å². The van der Waals surface area contributed by atoms with Gasteiger partial charge in [0.15, 0.2) is 0 Å². The molecular weight excluding hydrogens is 264 g/mol. The zero-order chi connectivity index (χ0) is 15.2. The first-order valence-electron chi connectivity index (χ1n) is 6.79. The molecule has 3 nitrogen and oxygen atoms in total. The van der Waals surface area contributed by atoms with Crippen LogP contribution in [0.3, 0.4) is 0 Å². The fourth-order valence-corrected chi connectivity index (χ4v) is 2.12. The van der Waals surface area contributed by atoms with E-state index >= 15 is 0 Å². The van der Waals surface area contributed by atoms with E-state index in [-0.39, 0.29) is 6.42 Å². The van der Waals surface area contributed by atoms with Crippen molar-refractivity contribution in [1.82, 2.24) is 0 Å². The Morgan fingerprint density at radius 1 is 1.14 bits per heavy atom. The van der Waals surface area contributed by atoms with Gasteiger partial charge in [0, 0.05) is 0 Å². The summed E-state index contributed by atoms with van der Waals surface area (Å²) in [5, 5.41) is 8.72. The topological polar surface area (TPSA) is 46.5 Å². The van der Waals surface area contributed by atoms with Crippen LogP contribution in [-0.2, 0) is 4.79 Å². The molecule has 3 heteroatoms. The summed E-state index contributed by atoms with van der Waals surface area (Å²) in [4.78, 5) is 10.6. The van der Waals surface area contributed by atoms with E-state index in [1.165, 1.54) is 0 Å². The summed E-state index contributed by atoms with van der Waals surface area (Å²) < 4.78 is 5.78. The molecule has 0 atom stereocenters. The van der Waals surface area contributed by atoms with Gasteiger partial charge < -0.3 is 9.84 Å². The highest BCUT2D eigenvalue weighted by molar-refractivity contribution is 5.74. The minimum absolute atomic E-state index is 0.0353. The highest BCUT2D eigenvalue weighted by Crippen LogP contribution is 2.26. The zero-order valence-corrected chi connectivity index (χ0v) is 12.2. The minimum Gasteiger partial charge on any atom is -0.481 e. The standard InChI is InChI=1S/C18H18O3/c1-13(8-11-18(19)20)17-10-9-16(12-14(17)2)21-15-6-4-3-5-7-15/h3-10,12H,11H2,1-2H3,(H,19,20)/b13-8+. The molecule has 0 aromatic heterocycles. The van der Waals surface area contributed by atoms with E-state index in [1.807, 2.05) is 62.4 Å². The van der Waals surface area contributed by atoms with Gasteiger partial charge in [0.1, 0.15) is 11.5 Å². The molecule has 0 unspecified atom stereocenters. The molecule has 21 heavy (non-hydrogen) atoms. The first-order chi connectivity index (χ1) is 10.1. The third kappa shape index (κ3) is 4.21. The van der Waals surface area contributed by atoms with Crippen molar-refractivity contribution in [3.05, 3.63) is 65.7 Å². The van der Waals surface area contributed by atoms with Gasteiger partial charge in [-0.2, -0.15) is 0 Å². The maximum Gasteiger partial charge on any atom is 0.307 e. The average Bonchev–Trinajstić information content (AvgIpc) is 2.46. The number of carbonyl (C=O) groups is 1. The lowest BCUT2D eigenvalue weighted by atomic mass is 10.0. The molecular formula is C18H18O3. The molecule has 0 bridgehead atoms. The maximum atomic E-state index is 10.6. The van der Waals surface area contributed by atoms with E-state index in [2.05, 4.69) is 0 Å². The average molecular weight is 282 g/mol. The molecule has 2 aromatic rings. The Bertz CT molecular complexity index is 657. The van der Waals surface area contributed by atoms with Gasteiger partial charge in [0.2, 0.25) is 0 Å². The Kier molecular flexibility index (Phi) is 4.77. The maximum absolute atomic E-state index is 10.6. The van der Waals surface area contributed by atoms with E-state index < -0.39 is 5.97 Å². The number of para-hydroxylation sites is 1. The van der Waals surface area contributed by atoms with Crippen molar-refractivity contribution < 1.29 is 14.6 Å². The van der Waals surface area contributed by atoms with E-state index in [9.17, 15) is 4.79 Å². The highest BCUT2D eigenvalue weighted by Gasteiger charge is 2.04. The molecule has 0 fully saturated rings. The number of benzene rings is 2. The van der Waals surface area contributed by atoms with Crippen LogP contribution in [0.15, 0.2) is 54.6 Å². The van der Waals surface area contributed by atoms with Gasteiger partial charge in [-0.25, -0.2) is 0 Å². The predicted octanol–water partition coefficient (Wildman–Crippen LogP) is 4.67. The Morgan fingerprint density at radius 3 is 2.48 bits per heavy atom. The first kappa shape index (κ1) is 14.9. The Morgan fingerprint density at radius 2 is 1.86 bits per heavy atom. The van der Waals surface area contributed by atoms with Crippen LogP contribution in [0, 0.1) is 6.92 Å². The number of allylic oxidation sites excluding steroid dienone is 1. The van der Waals surface area contributed by atoms with Crippen molar-refractivity contribution in [3.8, 4) is 11.5 Å². The normalized spacial score (nSPS) is 11.2. The zero-order valence-electron chi connectivity index (χ0n) is 12.2. The number of rotatable bonds is 5. The lowest BCUT2D eigenvalue weighted by Crippen LogP contribution is -1.93. The summed E-state index contributed by atoms with van der Waals surface area (Å²) in [7, 11) is 0. The van der Waals surface area contributed by atoms with Crippen LogP contribution in [0.2, 0.25) is 0 Å². The number of hydrogen-bond donors (Lipinski definition) is 1. The molecule has 0 aliphatic rings. The summed E-state index contributed by atoms with van der Waals surface area (Å²) in [6.07, 6.45) is 1.76. The van der Waals surface area contributed by atoms with Crippen molar-refractivity contribution in [2.45, 2.75) is 20.3 Å². The summed E-state index contributed by atoms with van der Waals surface area (Å²) in [6.45, 7) is 3.91. The van der Waals surface area contributed by atoms with E-state index in [4.69, 9.17) is 9.84 Å². The number of hydrogen-bond acceptors (Lipinski definition) is 2.